The smallest absolute Gasteiger partial charge is 0.341 e. The molecule has 3 fully saturated rings. The minimum absolute atomic E-state index is 0.628. The van der Waals surface area contributed by atoms with E-state index in [1.54, 1.807) is 0 Å². The molecule has 1 aromatic carbocycles. The molecule has 11 heteroatoms. The maximum atomic E-state index is 15.3. The van der Waals surface area contributed by atoms with Gasteiger partial charge in [0.15, 0.2) is 17.0 Å². The highest BCUT2D eigenvalue weighted by Crippen LogP contribution is 2.67. The Morgan fingerprint density at radius 3 is 1.80 bits per heavy atom. The fraction of sp³-hybridized carbons (Fsp3) is 0.474. The van der Waals surface area contributed by atoms with Gasteiger partial charge in [0.25, 0.3) is 0 Å². The maximum Gasteiger partial charge on any atom is 0.341 e. The van der Waals surface area contributed by atoms with Crippen LogP contribution in [0.2, 0.25) is 0 Å². The highest BCUT2D eigenvalue weighted by molar-refractivity contribution is 5.98. The fourth-order valence-electron chi connectivity index (χ4n) is 4.22. The Bertz CT molecular complexity index is 1220. The summed E-state index contributed by atoms with van der Waals surface area (Å²) in [7, 11) is 0. The first-order chi connectivity index (χ1) is 13.9. The van der Waals surface area contributed by atoms with Crippen LogP contribution < -0.4 is 5.43 Å². The number of phenolic OH excluding ortho intramolecular Hbond substituents is 1. The van der Waals surface area contributed by atoms with Crippen LogP contribution in [0.3, 0.4) is 0 Å². The Balaban J connectivity index is 2.00. The number of fused-ring (bicyclic) bond motifs is 1. The molecule has 0 saturated heterocycles. The highest BCUT2D eigenvalue weighted by Gasteiger charge is 2.71. The summed E-state index contributed by atoms with van der Waals surface area (Å²) >= 11 is 0. The van der Waals surface area contributed by atoms with Gasteiger partial charge in [-0.2, -0.15) is 0 Å². The number of aromatic nitrogens is 1. The molecule has 0 aliphatic heterocycles. The molecule has 0 spiro atoms. The second kappa shape index (κ2) is 5.30. The summed E-state index contributed by atoms with van der Waals surface area (Å²) in [5.41, 5.74) is -15.1. The number of halogens is 6. The molecule has 0 radical (unpaired) electrons. The van der Waals surface area contributed by atoms with Crippen LogP contribution in [0.25, 0.3) is 10.9 Å². The Kier molecular flexibility index (Phi) is 3.40. The summed E-state index contributed by atoms with van der Waals surface area (Å²) in [4.78, 5) is 26.1. The Labute approximate surface area is 163 Å². The van der Waals surface area contributed by atoms with Crippen LogP contribution in [-0.4, -0.2) is 39.7 Å². The van der Waals surface area contributed by atoms with Gasteiger partial charge in [0, 0.05) is 42.1 Å². The van der Waals surface area contributed by atoms with Crippen molar-refractivity contribution in [2.45, 2.75) is 54.8 Å². The Morgan fingerprint density at radius 2 is 1.37 bits per heavy atom. The number of nitrogens with one attached hydrogen (secondary N) is 1. The second-order valence-corrected chi connectivity index (χ2v) is 8.16. The normalized spacial score (nSPS) is 39.2. The van der Waals surface area contributed by atoms with Gasteiger partial charge in [-0.25, -0.2) is 31.1 Å². The van der Waals surface area contributed by atoms with Gasteiger partial charge >= 0.3 is 5.97 Å². The van der Waals surface area contributed by atoms with Crippen LogP contribution in [0.1, 0.15) is 46.3 Å². The highest BCUT2D eigenvalue weighted by atomic mass is 19.2. The van der Waals surface area contributed by atoms with Gasteiger partial charge in [-0.1, -0.05) is 0 Å². The molecule has 0 amide bonds. The Morgan fingerprint density at radius 1 is 0.933 bits per heavy atom. The van der Waals surface area contributed by atoms with E-state index in [-0.39, 0.29) is 0 Å². The van der Waals surface area contributed by atoms with Crippen molar-refractivity contribution in [3.05, 3.63) is 38.7 Å². The minimum Gasteiger partial charge on any atom is -0.507 e. The summed E-state index contributed by atoms with van der Waals surface area (Å²) in [6, 6.07) is 0. The van der Waals surface area contributed by atoms with Crippen molar-refractivity contribution < 1.29 is 41.4 Å². The van der Waals surface area contributed by atoms with Gasteiger partial charge in [-0.3, -0.25) is 4.79 Å². The third kappa shape index (κ3) is 2.15. The van der Waals surface area contributed by atoms with Crippen LogP contribution in [0.4, 0.5) is 26.3 Å². The molecule has 5 rings (SSSR count). The number of rotatable bonds is 4. The molecule has 0 unspecified atom stereocenters. The number of hydrogen-bond acceptors (Lipinski definition) is 3. The molecule has 1 aromatic heterocycles. The molecule has 1 heterocycles. The third-order valence-corrected chi connectivity index (χ3v) is 6.22. The number of hydrogen-bond donors (Lipinski definition) is 3. The number of aromatic carboxylic acids is 1. The van der Waals surface area contributed by atoms with Crippen molar-refractivity contribution in [2.24, 2.45) is 0 Å². The van der Waals surface area contributed by atoms with Gasteiger partial charge in [0.1, 0.15) is 29.8 Å². The zero-order valence-electron chi connectivity index (χ0n) is 14.9. The summed E-state index contributed by atoms with van der Waals surface area (Å²) in [5, 5.41) is 18.8. The van der Waals surface area contributed by atoms with Crippen molar-refractivity contribution in [1.82, 2.24) is 4.98 Å². The Hall–Kier alpha value is -2.72. The van der Waals surface area contributed by atoms with E-state index < -0.39 is 105 Å². The molecule has 30 heavy (non-hydrogen) atoms. The number of phenols is 1. The molecule has 3 saturated carbocycles. The minimum atomic E-state index is -3.05. The number of benzene rings is 1. The molecular formula is C19H13F6NO4. The topological polar surface area (TPSA) is 90.4 Å². The van der Waals surface area contributed by atoms with E-state index in [1.807, 2.05) is 0 Å². The maximum absolute atomic E-state index is 15.3. The van der Waals surface area contributed by atoms with E-state index >= 15 is 13.2 Å². The van der Waals surface area contributed by atoms with Gasteiger partial charge in [-0.15, -0.1) is 0 Å². The predicted molar refractivity (Wildman–Crippen MR) is 90.1 cm³/mol. The van der Waals surface area contributed by atoms with E-state index in [9.17, 15) is 27.9 Å². The number of carbonyl (C=O) groups is 1. The first-order valence-corrected chi connectivity index (χ1v) is 9.06. The van der Waals surface area contributed by atoms with E-state index in [0.29, 0.717) is 6.20 Å². The molecule has 5 nitrogen and oxygen atoms in total. The summed E-state index contributed by atoms with van der Waals surface area (Å²) < 4.78 is 87.6. The van der Waals surface area contributed by atoms with Crippen LogP contribution in [-0.2, 0) is 17.0 Å². The van der Waals surface area contributed by atoms with Gasteiger partial charge in [0.2, 0.25) is 5.43 Å². The van der Waals surface area contributed by atoms with Gasteiger partial charge in [0.05, 0.1) is 10.9 Å². The fourth-order valence-corrected chi connectivity index (χ4v) is 4.22. The number of aromatic amines is 1. The average molecular weight is 433 g/mol. The SMILES string of the molecule is O=C(O)c1c[nH]c2c([C@]3(F)C[C@@H]3F)c([C@]3(F)C[C@@H]3F)c([C@]3(F)C[C@@H]3F)c(O)c2c1=O. The largest absolute Gasteiger partial charge is 0.507 e. The van der Waals surface area contributed by atoms with E-state index in [4.69, 9.17) is 5.11 Å². The standard InChI is InChI=1S/C19H13F6NO4/c20-6-1-17(6,23)10-11(18(24)2-7(18)21)13-9(14(27)5(4-26-13)16(29)30)15(28)12(10)19(25)3-8(19)22/h4,6-8,28H,1-3H2,(H,26,27)(H,29,30)/t6-,7-,8-,17-,18-,19-/m0/s1. The number of H-pyrrole nitrogens is 1. The van der Waals surface area contributed by atoms with Crippen LogP contribution in [0.15, 0.2) is 11.0 Å². The second-order valence-electron chi connectivity index (χ2n) is 8.16. The molecule has 160 valence electrons. The average Bonchev–Trinajstić information content (AvgIpc) is 3.57. The number of aromatic hydroxyl groups is 1. The molecule has 3 N–H and O–H groups in total. The monoisotopic (exact) mass is 433 g/mol. The van der Waals surface area contributed by atoms with Crippen LogP contribution in [0.5, 0.6) is 5.75 Å². The number of carboxylic acid groups (broad SMARTS) is 1. The van der Waals surface area contributed by atoms with E-state index in [1.165, 1.54) is 0 Å². The number of carboxylic acids is 1. The lowest BCUT2D eigenvalue weighted by Crippen LogP contribution is -2.24. The van der Waals surface area contributed by atoms with Crippen LogP contribution in [0, 0.1) is 0 Å². The number of alkyl halides is 6. The molecular weight excluding hydrogens is 420 g/mol. The quantitative estimate of drug-likeness (QED) is 0.643. The first kappa shape index (κ1) is 19.3. The lowest BCUT2D eigenvalue weighted by atomic mass is 9.84. The molecule has 3 aliphatic carbocycles. The number of pyridine rings is 1. The molecule has 2 aromatic rings. The van der Waals surface area contributed by atoms with Crippen molar-refractivity contribution >= 4 is 16.9 Å². The van der Waals surface area contributed by atoms with Crippen molar-refractivity contribution in [3.8, 4) is 5.75 Å². The lowest BCUT2D eigenvalue weighted by molar-refractivity contribution is 0.0695. The van der Waals surface area contributed by atoms with Crippen molar-refractivity contribution in [3.63, 3.8) is 0 Å². The predicted octanol–water partition coefficient (Wildman–Crippen LogP) is 3.65. The summed E-state index contributed by atoms with van der Waals surface area (Å²) in [5.74, 6) is -3.06. The lowest BCUT2D eigenvalue weighted by Gasteiger charge is -2.25. The molecule has 0 bridgehead atoms. The third-order valence-electron chi connectivity index (χ3n) is 6.22. The zero-order valence-corrected chi connectivity index (χ0v) is 14.9. The van der Waals surface area contributed by atoms with Gasteiger partial charge in [-0.05, 0) is 0 Å². The van der Waals surface area contributed by atoms with Gasteiger partial charge < -0.3 is 15.2 Å². The van der Waals surface area contributed by atoms with E-state index in [2.05, 4.69) is 4.98 Å². The molecule has 3 aliphatic rings. The first-order valence-electron chi connectivity index (χ1n) is 9.06. The zero-order chi connectivity index (χ0) is 22.0. The molecule has 6 atom stereocenters. The van der Waals surface area contributed by atoms with Crippen molar-refractivity contribution in [1.29, 1.82) is 0 Å². The van der Waals surface area contributed by atoms with Crippen LogP contribution >= 0.6 is 0 Å². The summed E-state index contributed by atoms with van der Waals surface area (Å²) in [6.07, 6.45) is -8.61. The van der Waals surface area contributed by atoms with Crippen molar-refractivity contribution in [2.75, 3.05) is 0 Å². The summed E-state index contributed by atoms with van der Waals surface area (Å²) in [6.45, 7) is 0. The van der Waals surface area contributed by atoms with E-state index in [0.717, 1.165) is 0 Å².